The molecule has 2 aromatic rings. The lowest BCUT2D eigenvalue weighted by atomic mass is 10.2. The zero-order valence-electron chi connectivity index (χ0n) is 10.6. The van der Waals surface area contributed by atoms with Gasteiger partial charge in [0.2, 0.25) is 0 Å². The summed E-state index contributed by atoms with van der Waals surface area (Å²) < 4.78 is 11.1. The maximum atomic E-state index is 5.77. The SMILES string of the molecule is CNCc1ccc(OCc2ccsc2)c(OC)c1. The number of benzene rings is 1. The molecule has 0 unspecified atom stereocenters. The van der Waals surface area contributed by atoms with Crippen LogP contribution in [0.2, 0.25) is 0 Å². The highest BCUT2D eigenvalue weighted by Crippen LogP contribution is 2.28. The summed E-state index contributed by atoms with van der Waals surface area (Å²) >= 11 is 1.67. The van der Waals surface area contributed by atoms with E-state index in [2.05, 4.69) is 16.8 Å². The molecule has 1 aromatic carbocycles. The van der Waals surface area contributed by atoms with Crippen LogP contribution in [-0.4, -0.2) is 14.2 Å². The lowest BCUT2D eigenvalue weighted by molar-refractivity contribution is 0.284. The average Bonchev–Trinajstić information content (AvgIpc) is 2.90. The van der Waals surface area contributed by atoms with E-state index in [4.69, 9.17) is 9.47 Å². The summed E-state index contributed by atoms with van der Waals surface area (Å²) in [5, 5.41) is 7.25. The Kier molecular flexibility index (Phi) is 4.61. The Bertz CT molecular complexity index is 483. The molecule has 0 amide bonds. The van der Waals surface area contributed by atoms with Crippen LogP contribution in [0.5, 0.6) is 11.5 Å². The monoisotopic (exact) mass is 263 g/mol. The fraction of sp³-hybridized carbons (Fsp3) is 0.286. The van der Waals surface area contributed by atoms with Crippen molar-refractivity contribution in [1.82, 2.24) is 5.32 Å². The first-order valence-electron chi connectivity index (χ1n) is 5.79. The largest absolute Gasteiger partial charge is 0.493 e. The van der Waals surface area contributed by atoms with Crippen LogP contribution in [0.4, 0.5) is 0 Å². The number of rotatable bonds is 6. The summed E-state index contributed by atoms with van der Waals surface area (Å²) in [6, 6.07) is 8.06. The van der Waals surface area contributed by atoms with Gasteiger partial charge in [0.05, 0.1) is 7.11 Å². The van der Waals surface area contributed by atoms with E-state index in [0.717, 1.165) is 18.0 Å². The number of ether oxygens (including phenoxy) is 2. The van der Waals surface area contributed by atoms with Gasteiger partial charge in [0.1, 0.15) is 6.61 Å². The van der Waals surface area contributed by atoms with E-state index in [1.54, 1.807) is 18.4 Å². The molecule has 2 rings (SSSR count). The average molecular weight is 263 g/mol. The van der Waals surface area contributed by atoms with Crippen LogP contribution < -0.4 is 14.8 Å². The van der Waals surface area contributed by atoms with Crippen LogP contribution in [-0.2, 0) is 13.2 Å². The molecule has 0 radical (unpaired) electrons. The Labute approximate surface area is 111 Å². The molecule has 0 aliphatic heterocycles. The first-order chi connectivity index (χ1) is 8.83. The second-order valence-electron chi connectivity index (χ2n) is 3.94. The quantitative estimate of drug-likeness (QED) is 0.869. The first-order valence-corrected chi connectivity index (χ1v) is 6.73. The van der Waals surface area contributed by atoms with Gasteiger partial charge < -0.3 is 14.8 Å². The molecule has 0 atom stereocenters. The highest BCUT2D eigenvalue weighted by molar-refractivity contribution is 7.07. The van der Waals surface area contributed by atoms with Gasteiger partial charge in [0, 0.05) is 6.54 Å². The molecule has 0 bridgehead atoms. The zero-order chi connectivity index (χ0) is 12.8. The van der Waals surface area contributed by atoms with E-state index in [9.17, 15) is 0 Å². The normalized spacial score (nSPS) is 10.3. The van der Waals surface area contributed by atoms with Gasteiger partial charge in [-0.25, -0.2) is 0 Å². The standard InChI is InChI=1S/C14H17NO2S/c1-15-8-11-3-4-13(14(7-11)16-2)17-9-12-5-6-18-10-12/h3-7,10,15H,8-9H2,1-2H3. The van der Waals surface area contributed by atoms with Crippen molar-refractivity contribution in [2.75, 3.05) is 14.2 Å². The third kappa shape index (κ3) is 3.24. The van der Waals surface area contributed by atoms with Gasteiger partial charge in [-0.1, -0.05) is 6.07 Å². The van der Waals surface area contributed by atoms with E-state index < -0.39 is 0 Å². The van der Waals surface area contributed by atoms with Gasteiger partial charge in [-0.05, 0) is 47.1 Å². The molecule has 1 N–H and O–H groups in total. The van der Waals surface area contributed by atoms with Gasteiger partial charge in [-0.3, -0.25) is 0 Å². The number of methoxy groups -OCH3 is 1. The van der Waals surface area contributed by atoms with E-state index in [0.29, 0.717) is 6.61 Å². The van der Waals surface area contributed by atoms with Gasteiger partial charge in [0.15, 0.2) is 11.5 Å². The van der Waals surface area contributed by atoms with E-state index in [1.807, 2.05) is 30.6 Å². The molecule has 0 fully saturated rings. The highest BCUT2D eigenvalue weighted by atomic mass is 32.1. The minimum atomic E-state index is 0.575. The molecule has 1 heterocycles. The number of hydrogen-bond donors (Lipinski definition) is 1. The molecule has 3 nitrogen and oxygen atoms in total. The Balaban J connectivity index is 2.07. The van der Waals surface area contributed by atoms with Crippen LogP contribution in [0.3, 0.4) is 0 Å². The third-order valence-corrected chi connectivity index (χ3v) is 3.32. The number of thiophene rings is 1. The molecule has 0 spiro atoms. The topological polar surface area (TPSA) is 30.5 Å². The maximum absolute atomic E-state index is 5.77. The van der Waals surface area contributed by atoms with E-state index in [1.165, 1.54) is 11.1 Å². The van der Waals surface area contributed by atoms with Crippen molar-refractivity contribution in [3.8, 4) is 11.5 Å². The van der Waals surface area contributed by atoms with Crippen LogP contribution in [0.15, 0.2) is 35.0 Å². The molecule has 0 aliphatic rings. The summed E-state index contributed by atoms with van der Waals surface area (Å²) in [5.74, 6) is 1.56. The maximum Gasteiger partial charge on any atom is 0.161 e. The first kappa shape index (κ1) is 12.9. The highest BCUT2D eigenvalue weighted by Gasteiger charge is 2.06. The Hall–Kier alpha value is -1.52. The minimum Gasteiger partial charge on any atom is -0.493 e. The van der Waals surface area contributed by atoms with Crippen molar-refractivity contribution < 1.29 is 9.47 Å². The lowest BCUT2D eigenvalue weighted by Crippen LogP contribution is -2.05. The molecular weight excluding hydrogens is 246 g/mol. The predicted octanol–water partition coefficient (Wildman–Crippen LogP) is 3.06. The Morgan fingerprint density at radius 1 is 1.17 bits per heavy atom. The van der Waals surface area contributed by atoms with Crippen molar-refractivity contribution in [2.45, 2.75) is 13.2 Å². The van der Waals surface area contributed by atoms with Gasteiger partial charge >= 0.3 is 0 Å². The molecule has 1 aromatic heterocycles. The van der Waals surface area contributed by atoms with Gasteiger partial charge in [-0.2, -0.15) is 11.3 Å². The van der Waals surface area contributed by atoms with Gasteiger partial charge in [-0.15, -0.1) is 0 Å². The molecule has 96 valence electrons. The van der Waals surface area contributed by atoms with Crippen molar-refractivity contribution >= 4 is 11.3 Å². The predicted molar refractivity (Wildman–Crippen MR) is 74.4 cm³/mol. The van der Waals surface area contributed by atoms with Crippen molar-refractivity contribution in [1.29, 1.82) is 0 Å². The lowest BCUT2D eigenvalue weighted by Gasteiger charge is -2.11. The molecule has 4 heteroatoms. The fourth-order valence-electron chi connectivity index (χ4n) is 1.68. The molecule has 0 saturated heterocycles. The van der Waals surface area contributed by atoms with Crippen LogP contribution in [0.25, 0.3) is 0 Å². The third-order valence-electron chi connectivity index (χ3n) is 2.58. The molecule has 18 heavy (non-hydrogen) atoms. The fourth-order valence-corrected chi connectivity index (χ4v) is 2.33. The second kappa shape index (κ2) is 6.42. The minimum absolute atomic E-state index is 0.575. The van der Waals surface area contributed by atoms with Crippen LogP contribution in [0, 0.1) is 0 Å². The summed E-state index contributed by atoms with van der Waals surface area (Å²) in [7, 11) is 3.59. The summed E-state index contributed by atoms with van der Waals surface area (Å²) in [4.78, 5) is 0. The van der Waals surface area contributed by atoms with Crippen LogP contribution >= 0.6 is 11.3 Å². The van der Waals surface area contributed by atoms with Crippen LogP contribution in [0.1, 0.15) is 11.1 Å². The van der Waals surface area contributed by atoms with Crippen molar-refractivity contribution in [3.05, 3.63) is 46.2 Å². The number of hydrogen-bond acceptors (Lipinski definition) is 4. The van der Waals surface area contributed by atoms with E-state index in [-0.39, 0.29) is 0 Å². The summed E-state index contributed by atoms with van der Waals surface area (Å²) in [6.45, 7) is 1.40. The zero-order valence-corrected chi connectivity index (χ0v) is 11.4. The summed E-state index contributed by atoms with van der Waals surface area (Å²) in [5.41, 5.74) is 2.36. The van der Waals surface area contributed by atoms with Crippen molar-refractivity contribution in [2.24, 2.45) is 0 Å². The molecule has 0 saturated carbocycles. The smallest absolute Gasteiger partial charge is 0.161 e. The summed E-state index contributed by atoms with van der Waals surface area (Å²) in [6.07, 6.45) is 0. The second-order valence-corrected chi connectivity index (χ2v) is 4.72. The Morgan fingerprint density at radius 3 is 2.72 bits per heavy atom. The van der Waals surface area contributed by atoms with E-state index >= 15 is 0 Å². The number of nitrogens with one attached hydrogen (secondary N) is 1. The Morgan fingerprint density at radius 2 is 2.06 bits per heavy atom. The molecular formula is C14H17NO2S. The van der Waals surface area contributed by atoms with Gasteiger partial charge in [0.25, 0.3) is 0 Å². The van der Waals surface area contributed by atoms with Crippen molar-refractivity contribution in [3.63, 3.8) is 0 Å². The molecule has 0 aliphatic carbocycles.